The van der Waals surface area contributed by atoms with Crippen molar-refractivity contribution in [2.24, 2.45) is 0 Å². The summed E-state index contributed by atoms with van der Waals surface area (Å²) in [5.41, 5.74) is 0. The molecule has 0 aromatic rings. The van der Waals surface area contributed by atoms with Gasteiger partial charge in [-0.3, -0.25) is 0 Å². The van der Waals surface area contributed by atoms with Crippen LogP contribution in [0.3, 0.4) is 0 Å². The third-order valence-electron chi connectivity index (χ3n) is 0.952. The summed E-state index contributed by atoms with van der Waals surface area (Å²) in [6.07, 6.45) is 3.81. The number of hydrogen-bond acceptors (Lipinski definition) is 2. The predicted octanol–water partition coefficient (Wildman–Crippen LogP) is 1.92. The zero-order valence-corrected chi connectivity index (χ0v) is 6.64. The molecule has 1 aliphatic rings. The summed E-state index contributed by atoms with van der Waals surface area (Å²) in [5.74, 6) is 0. The van der Waals surface area contributed by atoms with E-state index in [-0.39, 0.29) is 0 Å². The molecule has 0 N–H and O–H groups in total. The molecule has 0 amide bonds. The Kier molecular flexibility index (Phi) is 4.00. The van der Waals surface area contributed by atoms with Crippen molar-refractivity contribution in [3.05, 3.63) is 0 Å². The van der Waals surface area contributed by atoms with Gasteiger partial charge in [-0.05, 0) is 19.0 Å². The summed E-state index contributed by atoms with van der Waals surface area (Å²) in [6.45, 7) is 0.789. The molecule has 0 bridgehead atoms. The summed E-state index contributed by atoms with van der Waals surface area (Å²) in [5, 5.41) is 0. The van der Waals surface area contributed by atoms with Gasteiger partial charge in [0.25, 0.3) is 0 Å². The second-order valence-electron chi connectivity index (χ2n) is 1.64. The molecule has 2 nitrogen and oxygen atoms in total. The van der Waals surface area contributed by atoms with Crippen molar-refractivity contribution in [1.29, 1.82) is 0 Å². The maximum absolute atomic E-state index is 4.81. The number of rotatable bonds is 0. The molecular formula is C4H10O2P2. The first kappa shape index (κ1) is 6.89. The Hall–Kier alpha value is 0.780. The highest BCUT2D eigenvalue weighted by Gasteiger charge is 1.95. The second-order valence-corrected chi connectivity index (χ2v) is 4.54. The van der Waals surface area contributed by atoms with E-state index in [1.54, 1.807) is 0 Å². The molecular weight excluding hydrogens is 142 g/mol. The van der Waals surface area contributed by atoms with Crippen molar-refractivity contribution in [2.45, 2.75) is 12.8 Å². The number of hydrogen-bond donors (Lipinski definition) is 0. The Labute approximate surface area is 52.8 Å². The second kappa shape index (κ2) is 4.64. The van der Waals surface area contributed by atoms with Crippen molar-refractivity contribution < 1.29 is 9.56 Å². The van der Waals surface area contributed by atoms with Gasteiger partial charge in [-0.25, -0.2) is 9.56 Å². The summed E-state index contributed by atoms with van der Waals surface area (Å²) in [4.78, 5) is 4.79. The molecule has 4 heteroatoms. The molecule has 8 heavy (non-hydrogen) atoms. The average Bonchev–Trinajstić information content (AvgIpc) is 1.62. The van der Waals surface area contributed by atoms with Crippen LogP contribution >= 0.6 is 16.8 Å². The minimum atomic E-state index is 0.596. The molecule has 1 saturated heterocycles. The highest BCUT2D eigenvalue weighted by molar-refractivity contribution is 8.09. The van der Waals surface area contributed by atoms with E-state index in [1.165, 1.54) is 12.6 Å². The van der Waals surface area contributed by atoms with E-state index in [1.807, 2.05) is 0 Å². The molecule has 0 aliphatic carbocycles. The predicted molar refractivity (Wildman–Crippen MR) is 37.8 cm³/mol. The normalized spacial score (nSPS) is 30.0. The molecule has 0 radical (unpaired) electrons. The SMILES string of the molecule is C1CCPPOOC1. The lowest BCUT2D eigenvalue weighted by atomic mass is 10.4. The molecule has 2 unspecified atom stereocenters. The standard InChI is InChI=1S/C4H10O2P2/c1-2-4-7-8-6-5-3-1/h7-8H,1-4H2. The molecule has 1 rings (SSSR count). The van der Waals surface area contributed by atoms with E-state index in [9.17, 15) is 0 Å². The molecule has 0 saturated carbocycles. The van der Waals surface area contributed by atoms with Crippen LogP contribution in [0.4, 0.5) is 0 Å². The quantitative estimate of drug-likeness (QED) is 0.390. The van der Waals surface area contributed by atoms with Crippen LogP contribution in [0.1, 0.15) is 12.8 Å². The van der Waals surface area contributed by atoms with Crippen molar-refractivity contribution >= 4 is 16.8 Å². The first-order valence-electron chi connectivity index (χ1n) is 2.76. The Morgan fingerprint density at radius 2 is 2.25 bits per heavy atom. The van der Waals surface area contributed by atoms with Gasteiger partial charge in [0.15, 0.2) is 0 Å². The zero-order chi connectivity index (χ0) is 5.66. The van der Waals surface area contributed by atoms with Gasteiger partial charge in [-0.1, -0.05) is 8.27 Å². The molecule has 0 spiro atoms. The monoisotopic (exact) mass is 152 g/mol. The summed E-state index contributed by atoms with van der Waals surface area (Å²) < 4.78 is 4.81. The van der Waals surface area contributed by atoms with Gasteiger partial charge in [0.2, 0.25) is 0 Å². The van der Waals surface area contributed by atoms with Gasteiger partial charge in [-0.15, -0.1) is 0 Å². The lowest BCUT2D eigenvalue weighted by molar-refractivity contribution is -0.194. The van der Waals surface area contributed by atoms with Crippen LogP contribution in [0.2, 0.25) is 0 Å². The van der Waals surface area contributed by atoms with Crippen molar-refractivity contribution in [1.82, 2.24) is 0 Å². The molecule has 0 aromatic carbocycles. The van der Waals surface area contributed by atoms with Crippen LogP contribution in [-0.2, 0) is 9.56 Å². The van der Waals surface area contributed by atoms with Gasteiger partial charge in [0.05, 0.1) is 15.1 Å². The average molecular weight is 152 g/mol. The highest BCUT2D eigenvalue weighted by atomic mass is 32.0. The van der Waals surface area contributed by atoms with Crippen LogP contribution in [-0.4, -0.2) is 12.8 Å². The van der Waals surface area contributed by atoms with Gasteiger partial charge in [0.1, 0.15) is 0 Å². The highest BCUT2D eigenvalue weighted by Crippen LogP contribution is 2.39. The molecule has 1 heterocycles. The van der Waals surface area contributed by atoms with Crippen LogP contribution in [0.15, 0.2) is 0 Å². The molecule has 1 aliphatic heterocycles. The first-order valence-corrected chi connectivity index (χ1v) is 5.88. The summed E-state index contributed by atoms with van der Waals surface area (Å²) in [7, 11) is 1.57. The van der Waals surface area contributed by atoms with Crippen molar-refractivity contribution in [3.63, 3.8) is 0 Å². The first-order chi connectivity index (χ1) is 4.00. The Morgan fingerprint density at radius 1 is 1.25 bits per heavy atom. The van der Waals surface area contributed by atoms with E-state index < -0.39 is 0 Å². The minimum Gasteiger partial charge on any atom is -0.233 e. The van der Waals surface area contributed by atoms with E-state index in [2.05, 4.69) is 0 Å². The zero-order valence-electron chi connectivity index (χ0n) is 4.64. The third kappa shape index (κ3) is 2.94. The fourth-order valence-corrected chi connectivity index (χ4v) is 2.45. The maximum atomic E-state index is 4.81. The van der Waals surface area contributed by atoms with E-state index >= 15 is 0 Å². The van der Waals surface area contributed by atoms with Crippen LogP contribution in [0.5, 0.6) is 0 Å². The van der Waals surface area contributed by atoms with E-state index in [0.717, 1.165) is 21.3 Å². The molecule has 1 fully saturated rings. The Balaban J connectivity index is 2.00. The smallest absolute Gasteiger partial charge is 0.0825 e. The van der Waals surface area contributed by atoms with Crippen molar-refractivity contribution in [2.75, 3.05) is 12.8 Å². The van der Waals surface area contributed by atoms with Gasteiger partial charge in [0, 0.05) is 0 Å². The lowest BCUT2D eigenvalue weighted by Crippen LogP contribution is -1.92. The molecule has 0 aromatic heterocycles. The van der Waals surface area contributed by atoms with Gasteiger partial charge < -0.3 is 0 Å². The fourth-order valence-electron chi connectivity index (χ4n) is 0.526. The van der Waals surface area contributed by atoms with Gasteiger partial charge >= 0.3 is 0 Å². The summed E-state index contributed by atoms with van der Waals surface area (Å²) >= 11 is 0. The molecule has 48 valence electrons. The summed E-state index contributed by atoms with van der Waals surface area (Å²) in [6, 6.07) is 0. The lowest BCUT2D eigenvalue weighted by Gasteiger charge is -2.06. The van der Waals surface area contributed by atoms with E-state index in [4.69, 9.17) is 9.56 Å². The van der Waals surface area contributed by atoms with Crippen LogP contribution in [0, 0.1) is 0 Å². The van der Waals surface area contributed by atoms with Crippen LogP contribution < -0.4 is 0 Å². The topological polar surface area (TPSA) is 18.5 Å². The maximum Gasteiger partial charge on any atom is 0.0825 e. The molecule has 2 atom stereocenters. The van der Waals surface area contributed by atoms with E-state index in [0.29, 0.717) is 8.50 Å². The largest absolute Gasteiger partial charge is 0.233 e. The van der Waals surface area contributed by atoms with Crippen LogP contribution in [0.25, 0.3) is 0 Å². The third-order valence-corrected chi connectivity index (χ3v) is 3.33. The van der Waals surface area contributed by atoms with Crippen molar-refractivity contribution in [3.8, 4) is 0 Å². The fraction of sp³-hybridized carbons (Fsp3) is 1.00. The Bertz CT molecular complexity index is 36.0. The minimum absolute atomic E-state index is 0.596. The van der Waals surface area contributed by atoms with Gasteiger partial charge in [-0.2, -0.15) is 0 Å². The Morgan fingerprint density at radius 3 is 3.25 bits per heavy atom.